The average molecular weight is 416 g/mol. The monoisotopic (exact) mass is 415 g/mol. The maximum Gasteiger partial charge on any atom is 0.255 e. The Hall–Kier alpha value is -2.40. The Labute approximate surface area is 176 Å². The lowest BCUT2D eigenvalue weighted by Crippen LogP contribution is -2.36. The Morgan fingerprint density at radius 2 is 1.93 bits per heavy atom. The molecule has 2 aromatic rings. The van der Waals surface area contributed by atoms with Crippen molar-refractivity contribution < 1.29 is 9.18 Å². The predicted octanol–water partition coefficient (Wildman–Crippen LogP) is 5.90. The predicted molar refractivity (Wildman–Crippen MR) is 117 cm³/mol. The number of halogens is 2. The van der Waals surface area contributed by atoms with E-state index >= 15 is 0 Å². The molecule has 0 bridgehead atoms. The van der Waals surface area contributed by atoms with Crippen molar-refractivity contribution in [2.75, 3.05) is 5.32 Å². The Bertz CT molecular complexity index is 934. The number of nitrogens with zero attached hydrogens (tertiary/aromatic N) is 1. The number of hydrogen-bond donors (Lipinski definition) is 2. The van der Waals surface area contributed by atoms with Crippen LogP contribution in [-0.2, 0) is 5.54 Å². The number of amidine groups is 1. The van der Waals surface area contributed by atoms with Gasteiger partial charge in [-0.15, -0.1) is 0 Å². The van der Waals surface area contributed by atoms with E-state index in [0.717, 1.165) is 12.8 Å². The summed E-state index contributed by atoms with van der Waals surface area (Å²) in [5, 5.41) is 3.39. The topological polar surface area (TPSA) is 67.5 Å². The highest BCUT2D eigenvalue weighted by Gasteiger charge is 2.41. The van der Waals surface area contributed by atoms with Crippen LogP contribution in [0.1, 0.15) is 62.4 Å². The van der Waals surface area contributed by atoms with E-state index in [-0.39, 0.29) is 17.1 Å². The summed E-state index contributed by atoms with van der Waals surface area (Å²) < 4.78 is 14.9. The molecule has 2 aromatic carbocycles. The molecule has 1 amide bonds. The second kappa shape index (κ2) is 8.15. The lowest BCUT2D eigenvalue weighted by Gasteiger charge is -2.44. The molecule has 0 saturated heterocycles. The van der Waals surface area contributed by atoms with Crippen molar-refractivity contribution in [1.82, 2.24) is 0 Å². The Kier molecular flexibility index (Phi) is 5.99. The SMILES string of the molecule is CC(N)=N[C@@](C)(CC1(C)CCC1)c1cc(NC(=O)c2ccc(Cl)cc2)ccc1F. The van der Waals surface area contributed by atoms with Gasteiger partial charge in [0.25, 0.3) is 5.91 Å². The summed E-state index contributed by atoms with van der Waals surface area (Å²) in [6.45, 7) is 5.84. The van der Waals surface area contributed by atoms with Gasteiger partial charge in [0.1, 0.15) is 5.82 Å². The molecule has 1 atom stereocenters. The zero-order valence-electron chi connectivity index (χ0n) is 17.1. The first-order chi connectivity index (χ1) is 13.6. The van der Waals surface area contributed by atoms with Gasteiger partial charge < -0.3 is 11.1 Å². The normalized spacial score (nSPS) is 17.9. The van der Waals surface area contributed by atoms with Crippen LogP contribution in [0, 0.1) is 11.2 Å². The number of nitrogens with one attached hydrogen (secondary N) is 1. The van der Waals surface area contributed by atoms with Crippen LogP contribution >= 0.6 is 11.6 Å². The van der Waals surface area contributed by atoms with Gasteiger partial charge in [-0.1, -0.05) is 24.9 Å². The summed E-state index contributed by atoms with van der Waals surface area (Å²) in [5.41, 5.74) is 6.62. The lowest BCUT2D eigenvalue weighted by atomic mass is 9.63. The second-order valence-electron chi connectivity index (χ2n) is 8.52. The fourth-order valence-electron chi connectivity index (χ4n) is 4.19. The third-order valence-electron chi connectivity index (χ3n) is 5.67. The molecule has 0 aliphatic heterocycles. The van der Waals surface area contributed by atoms with Crippen molar-refractivity contribution in [2.45, 2.75) is 52.0 Å². The molecule has 0 heterocycles. The van der Waals surface area contributed by atoms with Crippen LogP contribution < -0.4 is 11.1 Å². The fourth-order valence-corrected chi connectivity index (χ4v) is 4.32. The Morgan fingerprint density at radius 3 is 2.48 bits per heavy atom. The molecule has 0 aromatic heterocycles. The van der Waals surface area contributed by atoms with Crippen molar-refractivity contribution >= 4 is 29.0 Å². The van der Waals surface area contributed by atoms with Gasteiger partial charge in [-0.05, 0) is 81.0 Å². The van der Waals surface area contributed by atoms with Crippen molar-refractivity contribution in [2.24, 2.45) is 16.1 Å². The number of rotatable bonds is 6. The third kappa shape index (κ3) is 4.96. The zero-order chi connectivity index (χ0) is 21.2. The zero-order valence-corrected chi connectivity index (χ0v) is 17.8. The van der Waals surface area contributed by atoms with Crippen LogP contribution in [-0.4, -0.2) is 11.7 Å². The molecule has 3 N–H and O–H groups in total. The van der Waals surface area contributed by atoms with E-state index in [4.69, 9.17) is 17.3 Å². The van der Waals surface area contributed by atoms with E-state index in [1.807, 2.05) is 6.92 Å². The van der Waals surface area contributed by atoms with Crippen molar-refractivity contribution in [3.8, 4) is 0 Å². The van der Waals surface area contributed by atoms with Crippen molar-refractivity contribution in [1.29, 1.82) is 0 Å². The molecule has 0 unspecified atom stereocenters. The number of carbonyl (C=O) groups is 1. The van der Waals surface area contributed by atoms with E-state index in [9.17, 15) is 9.18 Å². The molecule has 0 radical (unpaired) electrons. The summed E-state index contributed by atoms with van der Waals surface area (Å²) in [7, 11) is 0. The molecule has 1 saturated carbocycles. The first-order valence-corrected chi connectivity index (χ1v) is 10.2. The molecule has 6 heteroatoms. The number of hydrogen-bond acceptors (Lipinski definition) is 2. The van der Waals surface area contributed by atoms with Gasteiger partial charge in [-0.3, -0.25) is 9.79 Å². The molecule has 29 heavy (non-hydrogen) atoms. The van der Waals surface area contributed by atoms with Gasteiger partial charge >= 0.3 is 0 Å². The van der Waals surface area contributed by atoms with Crippen LogP contribution in [0.3, 0.4) is 0 Å². The van der Waals surface area contributed by atoms with Crippen molar-refractivity contribution in [3.05, 3.63) is 64.4 Å². The molecule has 154 valence electrons. The number of aliphatic imine (C=N–C) groups is 1. The van der Waals surface area contributed by atoms with Crippen LogP contribution in [0.5, 0.6) is 0 Å². The van der Waals surface area contributed by atoms with E-state index in [1.165, 1.54) is 12.5 Å². The number of anilines is 1. The smallest absolute Gasteiger partial charge is 0.255 e. The maximum absolute atomic E-state index is 14.9. The molecule has 1 fully saturated rings. The first-order valence-electron chi connectivity index (χ1n) is 9.79. The summed E-state index contributed by atoms with van der Waals surface area (Å²) in [6.07, 6.45) is 4.06. The van der Waals surface area contributed by atoms with Gasteiger partial charge in [0.2, 0.25) is 0 Å². The number of amides is 1. The summed E-state index contributed by atoms with van der Waals surface area (Å²) in [5.74, 6) is -0.235. The van der Waals surface area contributed by atoms with Gasteiger partial charge in [-0.2, -0.15) is 0 Å². The number of carbonyl (C=O) groups excluding carboxylic acids is 1. The highest BCUT2D eigenvalue weighted by Crippen LogP contribution is 2.50. The Balaban J connectivity index is 1.92. The highest BCUT2D eigenvalue weighted by molar-refractivity contribution is 6.30. The van der Waals surface area contributed by atoms with Gasteiger partial charge in [0.05, 0.1) is 11.4 Å². The summed E-state index contributed by atoms with van der Waals surface area (Å²) in [4.78, 5) is 17.2. The molecular formula is C23H27ClFN3O. The Morgan fingerprint density at radius 1 is 1.28 bits per heavy atom. The quantitative estimate of drug-likeness (QED) is 0.455. The molecular weight excluding hydrogens is 389 g/mol. The summed E-state index contributed by atoms with van der Waals surface area (Å²) >= 11 is 5.88. The molecule has 1 aliphatic rings. The molecule has 0 spiro atoms. The van der Waals surface area contributed by atoms with E-state index in [1.54, 1.807) is 43.3 Å². The minimum absolute atomic E-state index is 0.114. The number of nitrogens with two attached hydrogens (primary N) is 1. The highest BCUT2D eigenvalue weighted by atomic mass is 35.5. The fraction of sp³-hybridized carbons (Fsp3) is 0.391. The van der Waals surface area contributed by atoms with Crippen LogP contribution in [0.4, 0.5) is 10.1 Å². The van der Waals surface area contributed by atoms with Gasteiger partial charge in [0, 0.05) is 21.8 Å². The molecule has 3 rings (SSSR count). The summed E-state index contributed by atoms with van der Waals surface area (Å²) in [6, 6.07) is 11.2. The lowest BCUT2D eigenvalue weighted by molar-refractivity contribution is 0.102. The molecule has 1 aliphatic carbocycles. The van der Waals surface area contributed by atoms with Crippen molar-refractivity contribution in [3.63, 3.8) is 0 Å². The van der Waals surface area contributed by atoms with E-state index < -0.39 is 5.54 Å². The average Bonchev–Trinajstić information content (AvgIpc) is 2.61. The van der Waals surface area contributed by atoms with Gasteiger partial charge in [-0.25, -0.2) is 4.39 Å². The molecule has 4 nitrogen and oxygen atoms in total. The van der Waals surface area contributed by atoms with E-state index in [2.05, 4.69) is 17.2 Å². The largest absolute Gasteiger partial charge is 0.388 e. The van der Waals surface area contributed by atoms with Crippen LogP contribution in [0.15, 0.2) is 47.5 Å². The minimum Gasteiger partial charge on any atom is -0.388 e. The first kappa shape index (κ1) is 21.3. The maximum atomic E-state index is 14.9. The second-order valence-corrected chi connectivity index (χ2v) is 8.96. The minimum atomic E-state index is -0.806. The van der Waals surface area contributed by atoms with E-state index in [0.29, 0.717) is 34.1 Å². The van der Waals surface area contributed by atoms with Crippen LogP contribution in [0.25, 0.3) is 0 Å². The standard InChI is InChI=1S/C23H27ClFN3O/c1-15(26)28-23(3,14-22(2)11-4-12-22)19-13-18(9-10-20(19)25)27-21(29)16-5-7-17(24)8-6-16/h5-10,13H,4,11-12,14H2,1-3H3,(H2,26,28)(H,27,29)/t23-/m0/s1. The third-order valence-corrected chi connectivity index (χ3v) is 5.92. The van der Waals surface area contributed by atoms with Crippen LogP contribution in [0.2, 0.25) is 5.02 Å². The van der Waals surface area contributed by atoms with Gasteiger partial charge in [0.15, 0.2) is 0 Å². The number of benzene rings is 2.